The monoisotopic (exact) mass is 758 g/mol. The Morgan fingerprint density at radius 3 is 1.36 bits per heavy atom. The number of fused-ring (bicyclic) bond motifs is 5. The molecule has 4 fully saturated rings. The van der Waals surface area contributed by atoms with Crippen molar-refractivity contribution in [2.75, 3.05) is 12.3 Å². The van der Waals surface area contributed by atoms with Crippen molar-refractivity contribution in [2.24, 2.45) is 11.8 Å². The molecule has 5 heteroatoms. The zero-order valence-electron chi connectivity index (χ0n) is 27.6. The van der Waals surface area contributed by atoms with Crippen molar-refractivity contribution in [1.29, 1.82) is 0 Å². The number of halogens is 2. The molecule has 4 saturated heterocycles. The number of rotatable bonds is 5. The van der Waals surface area contributed by atoms with Gasteiger partial charge in [-0.15, -0.1) is 15.8 Å². The van der Waals surface area contributed by atoms with Crippen LogP contribution in [0.15, 0.2) is 60.7 Å². The Bertz CT molecular complexity index is 1170. The molecule has 0 radical (unpaired) electrons. The SMILES string of the molecule is CC(C)CP1C2CCCC1CCC2.CC(C)CP1C2CCCC1CCC2.[Cl][Ru]([Cl])=[C]1C=C(c2ccccc2)c2ccccc21. The van der Waals surface area contributed by atoms with Gasteiger partial charge >= 0.3 is 120 Å². The van der Waals surface area contributed by atoms with Crippen LogP contribution in [0.25, 0.3) is 5.57 Å². The molecule has 2 aromatic carbocycles. The van der Waals surface area contributed by atoms with Gasteiger partial charge in [0, 0.05) is 0 Å². The average Bonchev–Trinajstić information content (AvgIpc) is 3.38. The Balaban J connectivity index is 0.000000134. The predicted molar refractivity (Wildman–Crippen MR) is 200 cm³/mol. The second-order valence-corrected chi connectivity index (χ2v) is 26.0. The van der Waals surface area contributed by atoms with Crippen molar-refractivity contribution < 1.29 is 13.5 Å². The molecule has 4 aliphatic heterocycles. The summed E-state index contributed by atoms with van der Waals surface area (Å²) in [5, 5.41) is 0. The molecule has 0 aromatic heterocycles. The molecule has 1 aliphatic carbocycles. The Labute approximate surface area is 285 Å². The summed E-state index contributed by atoms with van der Waals surface area (Å²) < 4.78 is 1.12. The topological polar surface area (TPSA) is 0 Å². The van der Waals surface area contributed by atoms with Gasteiger partial charge in [0.1, 0.15) is 0 Å². The van der Waals surface area contributed by atoms with E-state index in [1.807, 2.05) is 24.3 Å². The van der Waals surface area contributed by atoms with E-state index in [1.54, 1.807) is 89.4 Å². The second-order valence-electron chi connectivity index (χ2n) is 14.5. The van der Waals surface area contributed by atoms with Crippen molar-refractivity contribution in [3.05, 3.63) is 77.4 Å². The van der Waals surface area contributed by atoms with Crippen LogP contribution >= 0.6 is 35.2 Å². The van der Waals surface area contributed by atoms with Crippen LogP contribution in [0.4, 0.5) is 0 Å². The Kier molecular flexibility index (Phi) is 14.1. The van der Waals surface area contributed by atoms with Gasteiger partial charge in [-0.05, 0) is 98.2 Å². The molecule has 5 aliphatic rings. The predicted octanol–water partition coefficient (Wildman–Crippen LogP) is 13.0. The summed E-state index contributed by atoms with van der Waals surface area (Å²) in [6, 6.07) is 18.7. The van der Waals surface area contributed by atoms with Crippen molar-refractivity contribution in [3.8, 4) is 0 Å². The molecule has 0 saturated carbocycles. The van der Waals surface area contributed by atoms with Crippen LogP contribution in [0.2, 0.25) is 0 Å². The van der Waals surface area contributed by atoms with Gasteiger partial charge in [0.2, 0.25) is 0 Å². The molecule has 0 spiro atoms. The summed E-state index contributed by atoms with van der Waals surface area (Å²) in [6.07, 6.45) is 24.1. The molecule has 44 heavy (non-hydrogen) atoms. The van der Waals surface area contributed by atoms with Crippen molar-refractivity contribution in [3.63, 3.8) is 0 Å². The van der Waals surface area contributed by atoms with Gasteiger partial charge in [-0.2, -0.15) is 0 Å². The van der Waals surface area contributed by atoms with Crippen LogP contribution in [0.3, 0.4) is 0 Å². The summed E-state index contributed by atoms with van der Waals surface area (Å²) >= 11 is -1.88. The molecule has 0 nitrogen and oxygen atoms in total. The second kappa shape index (κ2) is 17.5. The molecule has 0 atom stereocenters. The maximum atomic E-state index is 6.19. The first-order valence-electron chi connectivity index (χ1n) is 17.6. The Morgan fingerprint density at radius 1 is 0.591 bits per heavy atom. The van der Waals surface area contributed by atoms with E-state index in [1.165, 1.54) is 44.9 Å². The molecular weight excluding hydrogens is 702 g/mol. The third-order valence-electron chi connectivity index (χ3n) is 10.3. The Hall–Kier alpha value is 0.113. The molecular formula is C39H56Cl2P2Ru. The normalized spacial score (nSPS) is 29.1. The van der Waals surface area contributed by atoms with E-state index in [9.17, 15) is 0 Å². The number of hydrogen-bond donors (Lipinski definition) is 0. The maximum absolute atomic E-state index is 6.19. The van der Waals surface area contributed by atoms with Gasteiger partial charge < -0.3 is 0 Å². The summed E-state index contributed by atoms with van der Waals surface area (Å²) in [5.41, 5.74) is 9.60. The summed E-state index contributed by atoms with van der Waals surface area (Å²) in [4.78, 5) is 0. The van der Waals surface area contributed by atoms with Crippen LogP contribution in [0.1, 0.15) is 121 Å². The van der Waals surface area contributed by atoms with Crippen molar-refractivity contribution in [2.45, 2.75) is 127 Å². The third kappa shape index (κ3) is 9.38. The van der Waals surface area contributed by atoms with Gasteiger partial charge in [0.25, 0.3) is 0 Å². The number of benzene rings is 2. The first kappa shape index (κ1) is 35.4. The van der Waals surface area contributed by atoms with E-state index >= 15 is 0 Å². The van der Waals surface area contributed by atoms with Crippen LogP contribution < -0.4 is 0 Å². The van der Waals surface area contributed by atoms with E-state index in [0.29, 0.717) is 15.8 Å². The molecule has 2 aromatic rings. The molecule has 0 amide bonds. The molecule has 4 bridgehead atoms. The number of allylic oxidation sites excluding steroid dienone is 1. The van der Waals surface area contributed by atoms with E-state index in [2.05, 4.69) is 64.1 Å². The fourth-order valence-corrected chi connectivity index (χ4v) is 19.1. The quantitative estimate of drug-likeness (QED) is 0.210. The summed E-state index contributed by atoms with van der Waals surface area (Å²) in [7, 11) is 13.3. The van der Waals surface area contributed by atoms with E-state index < -0.39 is 13.5 Å². The first-order valence-corrected chi connectivity index (χ1v) is 26.2. The summed E-state index contributed by atoms with van der Waals surface area (Å²) in [5.74, 6) is 1.90. The molecule has 0 N–H and O–H groups in total. The molecule has 244 valence electrons. The van der Waals surface area contributed by atoms with Crippen molar-refractivity contribution in [1.82, 2.24) is 0 Å². The molecule has 4 heterocycles. The fraction of sp³-hybridized carbons (Fsp3) is 0.615. The van der Waals surface area contributed by atoms with E-state index in [4.69, 9.17) is 19.4 Å². The molecule has 7 rings (SSSR count). The van der Waals surface area contributed by atoms with Crippen LogP contribution in [0, 0.1) is 11.8 Å². The first-order chi connectivity index (χ1) is 21.3. The number of hydrogen-bond acceptors (Lipinski definition) is 0. The fourth-order valence-electron chi connectivity index (χ4n) is 8.46. The van der Waals surface area contributed by atoms with E-state index in [-0.39, 0.29) is 0 Å². The standard InChI is InChI=1S/C15H10.2C12H23P.2ClH.Ru/c1-2-6-12(7-3-1)15-11-10-13-8-4-5-9-14(13)15;2*1-10(2)9-13-11-5-3-6-12(13)8-4-7-11;;;/h1-9,11H;2*10-12H,3-9H2,1-2H3;2*1H;/q;;;;;+2/p-2. The van der Waals surface area contributed by atoms with Gasteiger partial charge in [-0.1, -0.05) is 53.4 Å². The minimum absolute atomic E-state index is 0.451. The van der Waals surface area contributed by atoms with Crippen molar-refractivity contribution >= 4 is 44.9 Å². The van der Waals surface area contributed by atoms with E-state index in [0.717, 1.165) is 15.9 Å². The van der Waals surface area contributed by atoms with Gasteiger partial charge in [-0.3, -0.25) is 0 Å². The van der Waals surface area contributed by atoms with Crippen LogP contribution in [-0.2, 0) is 13.5 Å². The van der Waals surface area contributed by atoms with Crippen LogP contribution in [0.5, 0.6) is 0 Å². The van der Waals surface area contributed by atoms with Gasteiger partial charge in [-0.25, -0.2) is 0 Å². The minimum atomic E-state index is -1.88. The third-order valence-corrected chi connectivity index (χ3v) is 21.5. The average molecular weight is 759 g/mol. The Morgan fingerprint density at radius 2 is 0.977 bits per heavy atom. The summed E-state index contributed by atoms with van der Waals surface area (Å²) in [6.45, 7) is 9.64. The van der Waals surface area contributed by atoms with Gasteiger partial charge in [0.05, 0.1) is 0 Å². The van der Waals surface area contributed by atoms with Gasteiger partial charge in [0.15, 0.2) is 0 Å². The zero-order valence-corrected chi connectivity index (χ0v) is 32.7. The molecule has 0 unspecified atom stereocenters. The zero-order chi connectivity index (χ0) is 31.1. The van der Waals surface area contributed by atoms with Crippen LogP contribution in [-0.4, -0.2) is 39.1 Å².